The summed E-state index contributed by atoms with van der Waals surface area (Å²) in [6.07, 6.45) is 0. The Labute approximate surface area is 141 Å². The van der Waals surface area contributed by atoms with Crippen molar-refractivity contribution in [3.63, 3.8) is 0 Å². The largest absolute Gasteiger partial charge is 0.345 e. The summed E-state index contributed by atoms with van der Waals surface area (Å²) < 4.78 is 0. The van der Waals surface area contributed by atoms with Crippen LogP contribution in [0.4, 0.5) is 10.5 Å². The summed E-state index contributed by atoms with van der Waals surface area (Å²) in [4.78, 5) is 33.5. The molecule has 0 spiro atoms. The number of para-hydroxylation sites is 1. The van der Waals surface area contributed by atoms with Crippen LogP contribution in [-0.2, 0) is 4.79 Å². The number of hydrogen-bond acceptors (Lipinski definition) is 4. The minimum atomic E-state index is -0.715. The zero-order chi connectivity index (χ0) is 18.4. The highest BCUT2D eigenvalue weighted by Crippen LogP contribution is 2.27. The minimum Gasteiger partial charge on any atom is -0.306 e. The molecule has 1 aromatic carbocycles. The Morgan fingerprint density at radius 1 is 1.00 bits per heavy atom. The number of nitrogens with zero attached hydrogens (tertiary/aromatic N) is 7. The summed E-state index contributed by atoms with van der Waals surface area (Å²) in [7, 11) is 0. The first kappa shape index (κ1) is 17.5. The Morgan fingerprint density at radius 3 is 2.00 bits per heavy atom. The summed E-state index contributed by atoms with van der Waals surface area (Å²) in [5.74, 6) is -0.715. The first-order valence-corrected chi connectivity index (χ1v) is 7.01. The molecule has 1 aromatic rings. The molecule has 1 aliphatic carbocycles. The second-order valence-electron chi connectivity index (χ2n) is 4.91. The molecule has 10 heteroatoms. The van der Waals surface area contributed by atoms with E-state index in [1.165, 1.54) is 13.8 Å². The van der Waals surface area contributed by atoms with Crippen molar-refractivity contribution in [1.82, 2.24) is 0 Å². The Balaban J connectivity index is 2.51. The van der Waals surface area contributed by atoms with Gasteiger partial charge < -0.3 is 5.32 Å². The Hall–Kier alpha value is -3.87. The molecule has 2 amide bonds. The van der Waals surface area contributed by atoms with Gasteiger partial charge in [0.15, 0.2) is 5.78 Å². The first-order chi connectivity index (χ1) is 12.0. The third-order valence-corrected chi connectivity index (χ3v) is 3.38. The predicted octanol–water partition coefficient (Wildman–Crippen LogP) is 4.41. The molecule has 2 rings (SSSR count). The Kier molecular flexibility index (Phi) is 5.32. The topological polar surface area (TPSA) is 156 Å². The summed E-state index contributed by atoms with van der Waals surface area (Å²) >= 11 is 0. The lowest BCUT2D eigenvalue weighted by Crippen LogP contribution is -2.22. The van der Waals surface area contributed by atoms with Crippen molar-refractivity contribution in [3.8, 4) is 0 Å². The number of nitrogens with one attached hydrogen (secondary N) is 1. The minimum absolute atomic E-state index is 0.109. The number of carbonyl (C=O) groups is 2. The fourth-order valence-corrected chi connectivity index (χ4v) is 2.23. The van der Waals surface area contributed by atoms with Crippen LogP contribution in [0.15, 0.2) is 68.1 Å². The van der Waals surface area contributed by atoms with Gasteiger partial charge in [-0.15, -0.1) is 0 Å². The number of hydrogen-bond donors (Lipinski definition) is 1. The molecule has 0 unspecified atom stereocenters. The number of amides is 2. The maximum Gasteiger partial charge on any atom is 0.345 e. The van der Waals surface area contributed by atoms with E-state index < -0.39 is 11.8 Å². The van der Waals surface area contributed by atoms with Gasteiger partial charge in [-0.1, -0.05) is 28.4 Å². The number of carbonyl (C=O) groups excluding carboxylic acids is 2. The Morgan fingerprint density at radius 2 is 1.52 bits per heavy atom. The van der Waals surface area contributed by atoms with Crippen molar-refractivity contribution in [2.24, 2.45) is 15.2 Å². The van der Waals surface area contributed by atoms with Gasteiger partial charge in [-0.25, -0.2) is 4.79 Å². The molecule has 0 radical (unpaired) electrons. The lowest BCUT2D eigenvalue weighted by Gasteiger charge is -2.18. The van der Waals surface area contributed by atoms with Gasteiger partial charge in [0.2, 0.25) is 0 Å². The van der Waals surface area contributed by atoms with Gasteiger partial charge in [0.25, 0.3) is 0 Å². The van der Waals surface area contributed by atoms with Crippen LogP contribution in [0.5, 0.6) is 0 Å². The molecular formula is C15H12N8O2. The lowest BCUT2D eigenvalue weighted by molar-refractivity contribution is -0.112. The second-order valence-corrected chi connectivity index (χ2v) is 4.91. The smallest absolute Gasteiger partial charge is 0.306 e. The van der Waals surface area contributed by atoms with Crippen molar-refractivity contribution in [1.29, 1.82) is 0 Å². The van der Waals surface area contributed by atoms with Gasteiger partial charge in [0.05, 0.1) is 17.1 Å². The molecule has 0 bridgehead atoms. The van der Waals surface area contributed by atoms with E-state index in [4.69, 9.17) is 11.1 Å². The standard InChI is InChI=1S/C15H12N8O2/c1-8-11(19-15(25)18-10-6-4-3-5-7-10)9(2)13(21-23-17)14(24)12(8)20-22-16/h3-7H,1-2H3,(H,18,25). The van der Waals surface area contributed by atoms with Crippen LogP contribution in [0.25, 0.3) is 20.9 Å². The van der Waals surface area contributed by atoms with E-state index in [9.17, 15) is 9.59 Å². The molecule has 0 fully saturated rings. The fraction of sp³-hybridized carbons (Fsp3) is 0.133. The normalized spacial score (nSPS) is 13.8. The molecule has 0 saturated heterocycles. The average molecular weight is 336 g/mol. The molecule has 1 N–H and O–H groups in total. The molecule has 0 atom stereocenters. The number of aliphatic imine (C=N–C) groups is 1. The molecule has 0 saturated carbocycles. The van der Waals surface area contributed by atoms with E-state index in [0.717, 1.165) is 0 Å². The molecule has 0 aliphatic heterocycles. The van der Waals surface area contributed by atoms with E-state index in [1.54, 1.807) is 30.3 Å². The highest BCUT2D eigenvalue weighted by atomic mass is 16.2. The van der Waals surface area contributed by atoms with Crippen molar-refractivity contribution >= 4 is 23.2 Å². The lowest BCUT2D eigenvalue weighted by atomic mass is 9.92. The van der Waals surface area contributed by atoms with Crippen molar-refractivity contribution < 1.29 is 9.59 Å². The molecule has 0 aromatic heterocycles. The third kappa shape index (κ3) is 3.73. The summed E-state index contributed by atoms with van der Waals surface area (Å²) in [5.41, 5.74) is 17.8. The van der Waals surface area contributed by atoms with Crippen LogP contribution >= 0.6 is 0 Å². The Bertz CT molecular complexity index is 884. The molecular weight excluding hydrogens is 324 g/mol. The number of azide groups is 2. The van der Waals surface area contributed by atoms with Gasteiger partial charge in [0.1, 0.15) is 0 Å². The number of rotatable bonds is 3. The van der Waals surface area contributed by atoms with Crippen LogP contribution in [-0.4, -0.2) is 17.5 Å². The van der Waals surface area contributed by atoms with E-state index >= 15 is 0 Å². The molecule has 124 valence electrons. The zero-order valence-corrected chi connectivity index (χ0v) is 13.3. The number of allylic oxidation sites excluding steroid dienone is 2. The number of ketones is 1. The monoisotopic (exact) mass is 336 g/mol. The number of anilines is 1. The van der Waals surface area contributed by atoms with E-state index in [-0.39, 0.29) is 28.3 Å². The van der Waals surface area contributed by atoms with E-state index in [0.29, 0.717) is 5.69 Å². The van der Waals surface area contributed by atoms with Crippen LogP contribution < -0.4 is 5.32 Å². The van der Waals surface area contributed by atoms with Crippen LogP contribution in [0.1, 0.15) is 13.8 Å². The molecule has 1 aliphatic rings. The number of benzene rings is 1. The summed E-state index contributed by atoms with van der Waals surface area (Å²) in [5, 5.41) is 9.24. The first-order valence-electron chi connectivity index (χ1n) is 7.01. The molecule has 25 heavy (non-hydrogen) atoms. The number of urea groups is 1. The van der Waals surface area contributed by atoms with Gasteiger partial charge in [-0.2, -0.15) is 4.99 Å². The highest BCUT2D eigenvalue weighted by Gasteiger charge is 2.28. The van der Waals surface area contributed by atoms with Crippen molar-refractivity contribution in [2.75, 3.05) is 5.32 Å². The van der Waals surface area contributed by atoms with E-state index in [2.05, 4.69) is 30.4 Å². The predicted molar refractivity (Wildman–Crippen MR) is 91.6 cm³/mol. The van der Waals surface area contributed by atoms with Crippen molar-refractivity contribution in [2.45, 2.75) is 13.8 Å². The van der Waals surface area contributed by atoms with Crippen LogP contribution in [0, 0.1) is 0 Å². The van der Waals surface area contributed by atoms with Gasteiger partial charge in [-0.05, 0) is 48.2 Å². The quantitative estimate of drug-likeness (QED) is 0.375. The summed E-state index contributed by atoms with van der Waals surface area (Å²) in [6, 6.07) is 7.98. The van der Waals surface area contributed by atoms with Gasteiger partial charge >= 0.3 is 6.03 Å². The maximum absolute atomic E-state index is 12.2. The van der Waals surface area contributed by atoms with Crippen molar-refractivity contribution in [3.05, 3.63) is 73.8 Å². The average Bonchev–Trinajstić information content (AvgIpc) is 2.60. The summed E-state index contributed by atoms with van der Waals surface area (Å²) in [6.45, 7) is 2.99. The molecule has 10 nitrogen and oxygen atoms in total. The fourth-order valence-electron chi connectivity index (χ4n) is 2.23. The second kappa shape index (κ2) is 7.60. The van der Waals surface area contributed by atoms with Gasteiger partial charge in [0, 0.05) is 15.5 Å². The van der Waals surface area contributed by atoms with Crippen LogP contribution in [0.3, 0.4) is 0 Å². The maximum atomic E-state index is 12.2. The van der Waals surface area contributed by atoms with Crippen LogP contribution in [0.2, 0.25) is 0 Å². The van der Waals surface area contributed by atoms with E-state index in [1.807, 2.05) is 0 Å². The zero-order valence-electron chi connectivity index (χ0n) is 13.3. The molecule has 0 heterocycles. The third-order valence-electron chi connectivity index (χ3n) is 3.38. The number of Topliss-reactive ketones (excluding diaryl/α,β-unsaturated/α-hetero) is 1. The highest BCUT2D eigenvalue weighted by molar-refractivity contribution is 6.28. The van der Waals surface area contributed by atoms with Gasteiger partial charge in [-0.3, -0.25) is 4.79 Å². The SMILES string of the molecule is CC1=C(N=[N+]=[N-])C(=O)C(N=[N+]=[N-])=C(C)C1=NC(=O)Nc1ccccc1.